The largest absolute Gasteiger partial charge is 0.438 e. The zero-order valence-electron chi connectivity index (χ0n) is 13.4. The molecule has 15 heteroatoms. The highest BCUT2D eigenvalue weighted by atomic mass is 32.2. The summed E-state index contributed by atoms with van der Waals surface area (Å²) in [6.07, 6.45) is 3.65. The fourth-order valence-electron chi connectivity index (χ4n) is 1.11. The predicted molar refractivity (Wildman–Crippen MR) is 75.2 cm³/mol. The smallest absolute Gasteiger partial charge is 0.310 e. The second kappa shape index (κ2) is 8.77. The maximum absolute atomic E-state index is 12.7. The van der Waals surface area contributed by atoms with Gasteiger partial charge in [-0.3, -0.25) is 4.55 Å². The Kier molecular flexibility index (Phi) is 9.05. The summed E-state index contributed by atoms with van der Waals surface area (Å²) in [5.74, 6) is -27.9. The molecule has 0 atom stereocenters. The minimum absolute atomic E-state index is 0.867. The van der Waals surface area contributed by atoms with Gasteiger partial charge in [0, 0.05) is 20.0 Å². The molecule has 0 aromatic rings. The zero-order chi connectivity index (χ0) is 22.5. The molecule has 0 radical (unpaired) electrons. The van der Waals surface area contributed by atoms with E-state index < -0.39 is 46.0 Å². The summed E-state index contributed by atoms with van der Waals surface area (Å²) in [6.45, 7) is 7.84. The summed E-state index contributed by atoms with van der Waals surface area (Å²) >= 11 is 0. The van der Waals surface area contributed by atoms with Crippen LogP contribution in [0.5, 0.6) is 0 Å². The molecule has 0 aromatic carbocycles. The quantitative estimate of drug-likeness (QED) is 0.245. The summed E-state index contributed by atoms with van der Waals surface area (Å²) in [7, 11) is -7.29. The van der Waals surface area contributed by atoms with Crippen LogP contribution in [0.2, 0.25) is 0 Å². The van der Waals surface area contributed by atoms with E-state index in [1.807, 2.05) is 12.2 Å². The van der Waals surface area contributed by atoms with Crippen molar-refractivity contribution in [2.24, 2.45) is 0 Å². The average molecular weight is 443 g/mol. The number of halogens is 10. The van der Waals surface area contributed by atoms with Gasteiger partial charge < -0.3 is 5.32 Å². The van der Waals surface area contributed by atoms with Gasteiger partial charge in [0.25, 0.3) is 0 Å². The minimum Gasteiger partial charge on any atom is -0.310 e. The second-order valence-corrected chi connectivity index (χ2v) is 6.30. The zero-order valence-corrected chi connectivity index (χ0v) is 14.3. The van der Waals surface area contributed by atoms with Gasteiger partial charge in [-0.25, -0.2) is 0 Å². The summed E-state index contributed by atoms with van der Waals surface area (Å²) < 4.78 is 152. The molecule has 0 aliphatic rings. The number of hydrogen-bond donors (Lipinski definition) is 2. The molecule has 0 unspecified atom stereocenters. The molecule has 4 nitrogen and oxygen atoms in total. The van der Waals surface area contributed by atoms with Crippen molar-refractivity contribution in [2.75, 3.05) is 13.1 Å². The number of nitrogens with one attached hydrogen (secondary N) is 1. The fraction of sp³-hybridized carbons (Fsp3) is 0.667. The summed E-state index contributed by atoms with van der Waals surface area (Å²) in [5, 5.41) is -4.08. The molecule has 0 amide bonds. The lowest BCUT2D eigenvalue weighted by Gasteiger charge is -2.37. The van der Waals surface area contributed by atoms with E-state index in [1.54, 1.807) is 0 Å². The Balaban J connectivity index is 0. The van der Waals surface area contributed by atoms with E-state index in [2.05, 4.69) is 18.5 Å². The molecule has 0 saturated heterocycles. The minimum atomic E-state index is -7.52. The molecule has 0 rings (SSSR count). The third-order valence-corrected chi connectivity index (χ3v) is 3.51. The molecule has 0 saturated carbocycles. The van der Waals surface area contributed by atoms with E-state index in [-0.39, 0.29) is 0 Å². The fourth-order valence-corrected chi connectivity index (χ4v) is 1.56. The highest BCUT2D eigenvalue weighted by Crippen LogP contribution is 2.57. The van der Waals surface area contributed by atoms with Crippen molar-refractivity contribution in [1.29, 1.82) is 0 Å². The first-order valence-corrected chi connectivity index (χ1v) is 7.89. The lowest BCUT2D eigenvalue weighted by molar-refractivity contribution is -0.386. The van der Waals surface area contributed by atoms with Crippen molar-refractivity contribution in [3.05, 3.63) is 25.3 Å². The van der Waals surface area contributed by atoms with Gasteiger partial charge in [-0.1, -0.05) is 12.2 Å². The van der Waals surface area contributed by atoms with Crippen molar-refractivity contribution in [2.45, 2.75) is 35.9 Å². The Hall–Kier alpha value is -1.35. The number of hydrogen-bond acceptors (Lipinski definition) is 3. The highest BCUT2D eigenvalue weighted by molar-refractivity contribution is 7.87. The maximum Gasteiger partial charge on any atom is 0.438 e. The van der Waals surface area contributed by atoms with Crippen LogP contribution in [0.3, 0.4) is 0 Å². The molecule has 0 fully saturated rings. The monoisotopic (exact) mass is 443 g/mol. The lowest BCUT2D eigenvalue weighted by atomic mass is 10.00. The molecule has 27 heavy (non-hydrogen) atoms. The Bertz CT molecular complexity index is 605. The van der Waals surface area contributed by atoms with Crippen LogP contribution < -0.4 is 5.32 Å². The first-order valence-electron chi connectivity index (χ1n) is 6.45. The van der Waals surface area contributed by atoms with Crippen molar-refractivity contribution >= 4 is 10.1 Å². The van der Waals surface area contributed by atoms with Crippen molar-refractivity contribution in [3.63, 3.8) is 0 Å². The topological polar surface area (TPSA) is 66.4 Å². The highest BCUT2D eigenvalue weighted by Gasteiger charge is 2.88. The van der Waals surface area contributed by atoms with E-state index in [9.17, 15) is 52.3 Å². The van der Waals surface area contributed by atoms with Crippen LogP contribution in [0.4, 0.5) is 43.9 Å². The molecular formula is C12H15F10NO3S. The molecule has 0 bridgehead atoms. The molecule has 0 aromatic heterocycles. The van der Waals surface area contributed by atoms with Crippen LogP contribution in [-0.4, -0.2) is 55.0 Å². The molecule has 0 aliphatic carbocycles. The first kappa shape index (κ1) is 27.9. The SMILES string of the molecule is C=CCNCC=C.CC(F)(F)C(F)(F)C(F)(F)C(F)(F)C(F)(F)S(=O)(=O)O. The number of rotatable bonds is 9. The van der Waals surface area contributed by atoms with Gasteiger partial charge in [0.15, 0.2) is 0 Å². The van der Waals surface area contributed by atoms with Crippen molar-refractivity contribution < 1.29 is 56.9 Å². The Labute approximate surface area is 147 Å². The van der Waals surface area contributed by atoms with Crippen molar-refractivity contribution in [1.82, 2.24) is 5.32 Å². The van der Waals surface area contributed by atoms with Gasteiger partial charge in [0.05, 0.1) is 0 Å². The third-order valence-electron chi connectivity index (χ3n) is 2.61. The summed E-state index contributed by atoms with van der Waals surface area (Å²) in [6, 6.07) is 0. The molecule has 162 valence electrons. The third kappa shape index (κ3) is 5.57. The van der Waals surface area contributed by atoms with Gasteiger partial charge in [0.1, 0.15) is 0 Å². The molecule has 0 spiro atoms. The second-order valence-electron chi connectivity index (χ2n) is 4.84. The van der Waals surface area contributed by atoms with Gasteiger partial charge >= 0.3 is 39.1 Å². The predicted octanol–water partition coefficient (Wildman–Crippen LogP) is 3.98. The Morgan fingerprint density at radius 1 is 0.815 bits per heavy atom. The lowest BCUT2D eigenvalue weighted by Crippen LogP contribution is -2.68. The van der Waals surface area contributed by atoms with E-state index in [0.29, 0.717) is 0 Å². The van der Waals surface area contributed by atoms with Crippen LogP contribution in [0.15, 0.2) is 25.3 Å². The molecule has 0 aliphatic heterocycles. The van der Waals surface area contributed by atoms with Gasteiger partial charge in [-0.05, 0) is 0 Å². The normalized spacial score (nSPS) is 14.2. The van der Waals surface area contributed by atoms with Crippen LogP contribution >= 0.6 is 0 Å². The molecule has 2 N–H and O–H groups in total. The first-order chi connectivity index (χ1) is 11.7. The van der Waals surface area contributed by atoms with Gasteiger partial charge in [0.2, 0.25) is 0 Å². The average Bonchev–Trinajstić information content (AvgIpc) is 2.45. The number of alkyl halides is 10. The Morgan fingerprint density at radius 2 is 1.15 bits per heavy atom. The van der Waals surface area contributed by atoms with Crippen LogP contribution in [0, 0.1) is 0 Å². The standard InChI is InChI=1S/C6H4F10O3S.C6H11N/c1-2(7,8)3(9,10)4(11,12)5(13,14)6(15,16)20(17,18)19;1-3-5-7-6-4-2/h1H3,(H,17,18,19);3-4,7H,1-2,5-6H2. The maximum atomic E-state index is 12.7. The summed E-state index contributed by atoms with van der Waals surface area (Å²) in [5.41, 5.74) is 0. The Morgan fingerprint density at radius 3 is 1.37 bits per heavy atom. The van der Waals surface area contributed by atoms with E-state index >= 15 is 0 Å². The van der Waals surface area contributed by atoms with Gasteiger partial charge in [-0.2, -0.15) is 52.3 Å². The van der Waals surface area contributed by atoms with Gasteiger partial charge in [-0.15, -0.1) is 13.2 Å². The molecular weight excluding hydrogens is 428 g/mol. The van der Waals surface area contributed by atoms with Crippen LogP contribution in [-0.2, 0) is 10.1 Å². The van der Waals surface area contributed by atoms with E-state index in [0.717, 1.165) is 13.1 Å². The van der Waals surface area contributed by atoms with Crippen LogP contribution in [0.1, 0.15) is 6.92 Å². The summed E-state index contributed by atoms with van der Waals surface area (Å²) in [4.78, 5) is 0. The van der Waals surface area contributed by atoms with Crippen molar-refractivity contribution in [3.8, 4) is 0 Å². The molecule has 0 heterocycles. The van der Waals surface area contributed by atoms with E-state index in [4.69, 9.17) is 4.55 Å². The van der Waals surface area contributed by atoms with Crippen LogP contribution in [0.25, 0.3) is 0 Å². The van der Waals surface area contributed by atoms with E-state index in [1.165, 1.54) is 0 Å².